The fourth-order valence-electron chi connectivity index (χ4n) is 4.53. The highest BCUT2D eigenvalue weighted by Gasteiger charge is 2.16. The van der Waals surface area contributed by atoms with Crippen molar-refractivity contribution < 1.29 is 22.7 Å². The highest BCUT2D eigenvalue weighted by atomic mass is 32.2. The number of ether oxygens (including phenoxy) is 2. The molecule has 234 valence electrons. The normalized spacial score (nSPS) is 12.4. The van der Waals surface area contributed by atoms with Crippen molar-refractivity contribution in [1.82, 2.24) is 15.0 Å². The molecular weight excluding hydrogens is 546 g/mol. The van der Waals surface area contributed by atoms with Crippen LogP contribution in [0.25, 0.3) is 0 Å². The van der Waals surface area contributed by atoms with E-state index in [4.69, 9.17) is 9.47 Å². The van der Waals surface area contributed by atoms with Gasteiger partial charge in [0.1, 0.15) is 12.7 Å². The van der Waals surface area contributed by atoms with Gasteiger partial charge in [-0.2, -0.15) is 0 Å². The fourth-order valence-corrected chi connectivity index (χ4v) is 6.36. The van der Waals surface area contributed by atoms with E-state index in [1.165, 1.54) is 97.0 Å². The van der Waals surface area contributed by atoms with Crippen LogP contribution in [-0.2, 0) is 25.9 Å². The van der Waals surface area contributed by atoms with E-state index < -0.39 is 22.2 Å². The van der Waals surface area contributed by atoms with Crippen LogP contribution in [0.1, 0.15) is 128 Å². The summed E-state index contributed by atoms with van der Waals surface area (Å²) in [4.78, 5) is 16.2. The SMILES string of the molecule is CCCCCCCCCCCCCCCCCCNC(=O)OCC(CNS(=O)(=O)CCCCc1nccs1)OC. The predicted octanol–water partition coefficient (Wildman–Crippen LogP) is 7.39. The highest BCUT2D eigenvalue weighted by Crippen LogP contribution is 2.14. The molecule has 0 radical (unpaired) electrons. The lowest BCUT2D eigenvalue weighted by Crippen LogP contribution is -2.38. The van der Waals surface area contributed by atoms with Crippen molar-refractivity contribution in [2.24, 2.45) is 0 Å². The zero-order valence-corrected chi connectivity index (χ0v) is 26.9. The lowest BCUT2D eigenvalue weighted by molar-refractivity contribution is 0.0384. The van der Waals surface area contributed by atoms with E-state index in [-0.39, 0.29) is 18.9 Å². The zero-order chi connectivity index (χ0) is 29.2. The molecule has 1 heterocycles. The Hall–Kier alpha value is -1.23. The Morgan fingerprint density at radius 1 is 0.875 bits per heavy atom. The van der Waals surface area contributed by atoms with E-state index in [1.807, 2.05) is 5.38 Å². The molecule has 0 saturated carbocycles. The highest BCUT2D eigenvalue weighted by molar-refractivity contribution is 7.89. The van der Waals surface area contributed by atoms with Gasteiger partial charge in [0.2, 0.25) is 10.0 Å². The summed E-state index contributed by atoms with van der Waals surface area (Å²) in [6.07, 6.45) is 23.9. The van der Waals surface area contributed by atoms with Gasteiger partial charge in [-0.3, -0.25) is 0 Å². The maximum atomic E-state index is 12.2. The van der Waals surface area contributed by atoms with Crippen LogP contribution in [0.15, 0.2) is 11.6 Å². The van der Waals surface area contributed by atoms with Crippen molar-refractivity contribution in [1.29, 1.82) is 0 Å². The molecule has 0 aliphatic carbocycles. The van der Waals surface area contributed by atoms with Gasteiger partial charge >= 0.3 is 6.09 Å². The van der Waals surface area contributed by atoms with Crippen LogP contribution in [-0.4, -0.2) is 58.2 Å². The number of alkyl carbamates (subject to hydrolysis) is 1. The third-order valence-electron chi connectivity index (χ3n) is 7.10. The number of sulfonamides is 1. The molecular formula is C30H57N3O5S2. The third-order valence-corrected chi connectivity index (χ3v) is 9.37. The number of carbonyl (C=O) groups is 1. The number of aryl methyl sites for hydroxylation is 1. The first kappa shape index (κ1) is 36.8. The second-order valence-corrected chi connectivity index (χ2v) is 13.6. The third kappa shape index (κ3) is 22.5. The summed E-state index contributed by atoms with van der Waals surface area (Å²) in [5.74, 6) is 0.0511. The van der Waals surface area contributed by atoms with Crippen molar-refractivity contribution in [3.05, 3.63) is 16.6 Å². The van der Waals surface area contributed by atoms with Crippen molar-refractivity contribution in [2.75, 3.05) is 32.6 Å². The number of hydrogen-bond donors (Lipinski definition) is 2. The number of carbonyl (C=O) groups excluding carboxylic acids is 1. The molecule has 10 heteroatoms. The Kier molecular flexibility index (Phi) is 23.4. The number of unbranched alkanes of at least 4 members (excludes halogenated alkanes) is 16. The van der Waals surface area contributed by atoms with Gasteiger partial charge < -0.3 is 14.8 Å². The molecule has 40 heavy (non-hydrogen) atoms. The Bertz CT molecular complexity index is 806. The van der Waals surface area contributed by atoms with Crippen LogP contribution in [0.5, 0.6) is 0 Å². The molecule has 1 atom stereocenters. The van der Waals surface area contributed by atoms with Crippen molar-refractivity contribution in [3.63, 3.8) is 0 Å². The average molecular weight is 604 g/mol. The molecule has 1 rings (SSSR count). The van der Waals surface area contributed by atoms with Gasteiger partial charge in [-0.15, -0.1) is 11.3 Å². The largest absolute Gasteiger partial charge is 0.447 e. The number of hydrogen-bond acceptors (Lipinski definition) is 7. The minimum Gasteiger partial charge on any atom is -0.447 e. The maximum absolute atomic E-state index is 12.2. The molecule has 1 unspecified atom stereocenters. The molecule has 0 bridgehead atoms. The Labute approximate surface area is 248 Å². The van der Waals surface area contributed by atoms with Crippen LogP contribution in [0.3, 0.4) is 0 Å². The number of methoxy groups -OCH3 is 1. The summed E-state index contributed by atoms with van der Waals surface area (Å²) in [6, 6.07) is 0. The molecule has 1 aromatic rings. The first-order valence-electron chi connectivity index (χ1n) is 15.8. The van der Waals surface area contributed by atoms with E-state index in [1.54, 1.807) is 17.5 Å². The van der Waals surface area contributed by atoms with E-state index in [9.17, 15) is 13.2 Å². The number of rotatable bonds is 28. The van der Waals surface area contributed by atoms with Crippen LogP contribution in [0.4, 0.5) is 4.79 Å². The number of nitrogens with one attached hydrogen (secondary N) is 2. The molecule has 2 N–H and O–H groups in total. The molecule has 8 nitrogen and oxygen atoms in total. The maximum Gasteiger partial charge on any atom is 0.407 e. The zero-order valence-electron chi connectivity index (χ0n) is 25.3. The first-order valence-corrected chi connectivity index (χ1v) is 18.3. The summed E-state index contributed by atoms with van der Waals surface area (Å²) in [7, 11) is -1.93. The lowest BCUT2D eigenvalue weighted by Gasteiger charge is -2.16. The number of aromatic nitrogens is 1. The molecule has 1 amide bonds. The Morgan fingerprint density at radius 2 is 1.45 bits per heavy atom. The summed E-state index contributed by atoms with van der Waals surface area (Å²) in [5.41, 5.74) is 0. The van der Waals surface area contributed by atoms with Crippen LogP contribution in [0, 0.1) is 0 Å². The Balaban J connectivity index is 1.91. The second-order valence-electron chi connectivity index (χ2n) is 10.7. The van der Waals surface area contributed by atoms with E-state index >= 15 is 0 Å². The van der Waals surface area contributed by atoms with Gasteiger partial charge in [0.15, 0.2) is 0 Å². The van der Waals surface area contributed by atoms with Gasteiger partial charge in [0, 0.05) is 31.8 Å². The lowest BCUT2D eigenvalue weighted by atomic mass is 10.0. The quantitative estimate of drug-likeness (QED) is 0.0968. The molecule has 0 spiro atoms. The number of amides is 1. The predicted molar refractivity (Wildman–Crippen MR) is 167 cm³/mol. The molecule has 0 fully saturated rings. The first-order chi connectivity index (χ1) is 19.5. The summed E-state index contributed by atoms with van der Waals surface area (Å²) in [5, 5.41) is 5.71. The van der Waals surface area contributed by atoms with Crippen LogP contribution < -0.4 is 10.0 Å². The minimum atomic E-state index is -3.41. The summed E-state index contributed by atoms with van der Waals surface area (Å²) >= 11 is 1.58. The van der Waals surface area contributed by atoms with Crippen molar-refractivity contribution in [2.45, 2.75) is 135 Å². The average Bonchev–Trinajstić information content (AvgIpc) is 3.46. The van der Waals surface area contributed by atoms with Gasteiger partial charge in [-0.05, 0) is 25.7 Å². The summed E-state index contributed by atoms with van der Waals surface area (Å²) < 4.78 is 37.5. The van der Waals surface area contributed by atoms with Crippen LogP contribution >= 0.6 is 11.3 Å². The summed E-state index contributed by atoms with van der Waals surface area (Å²) in [6.45, 7) is 2.92. The smallest absolute Gasteiger partial charge is 0.407 e. The molecule has 0 aliphatic rings. The standard InChI is InChI=1S/C30H57N3O5S2/c1-3-4-5-6-7-8-9-10-11-12-13-14-15-16-17-19-22-32-30(34)38-27-28(37-2)26-33-40(35,36)25-20-18-21-29-31-23-24-39-29/h23-24,28,33H,3-22,25-27H2,1-2H3,(H,32,34). The number of nitrogens with zero attached hydrogens (tertiary/aromatic N) is 1. The van der Waals surface area contributed by atoms with Gasteiger partial charge in [-0.25, -0.2) is 22.9 Å². The van der Waals surface area contributed by atoms with Gasteiger partial charge in [0.25, 0.3) is 0 Å². The molecule has 0 saturated heterocycles. The Morgan fingerprint density at radius 3 is 1.98 bits per heavy atom. The van der Waals surface area contributed by atoms with E-state index in [2.05, 4.69) is 21.9 Å². The molecule has 0 aromatic carbocycles. The van der Waals surface area contributed by atoms with E-state index in [0.717, 1.165) is 30.7 Å². The van der Waals surface area contributed by atoms with E-state index in [0.29, 0.717) is 13.0 Å². The number of thiazole rings is 1. The van der Waals surface area contributed by atoms with Crippen LogP contribution in [0.2, 0.25) is 0 Å². The van der Waals surface area contributed by atoms with Gasteiger partial charge in [-0.1, -0.05) is 103 Å². The van der Waals surface area contributed by atoms with Gasteiger partial charge in [0.05, 0.1) is 10.8 Å². The van der Waals surface area contributed by atoms with Crippen molar-refractivity contribution >= 4 is 27.5 Å². The van der Waals surface area contributed by atoms with Crippen molar-refractivity contribution in [3.8, 4) is 0 Å². The monoisotopic (exact) mass is 603 g/mol. The fraction of sp³-hybridized carbons (Fsp3) is 0.867. The molecule has 1 aromatic heterocycles. The second kappa shape index (κ2) is 25.5. The molecule has 0 aliphatic heterocycles. The minimum absolute atomic E-state index is 0.00609. The topological polar surface area (TPSA) is 107 Å².